The van der Waals surface area contributed by atoms with Crippen LogP contribution in [-0.2, 0) is 0 Å². The zero-order valence-corrected chi connectivity index (χ0v) is 10.1. The quantitative estimate of drug-likeness (QED) is 0.562. The molecule has 0 saturated carbocycles. The molecule has 2 rings (SSSR count). The standard InChI is InChI=1S/C9H8S4/c1-13(9-5-3-7-11-9)12-8-4-2-6-10-8/h2-7H,1H2. The van der Waals surface area contributed by atoms with Gasteiger partial charge in [0.15, 0.2) is 0 Å². The molecule has 0 spiro atoms. The van der Waals surface area contributed by atoms with Gasteiger partial charge in [-0.15, -0.1) is 22.7 Å². The fourth-order valence-corrected chi connectivity index (χ4v) is 6.23. The summed E-state index contributed by atoms with van der Waals surface area (Å²) in [4.78, 5) is 0. The van der Waals surface area contributed by atoms with Crippen LogP contribution in [0.25, 0.3) is 0 Å². The maximum absolute atomic E-state index is 4.16. The molecule has 0 aliphatic rings. The van der Waals surface area contributed by atoms with Crippen LogP contribution in [-0.4, -0.2) is 5.87 Å². The van der Waals surface area contributed by atoms with Crippen LogP contribution < -0.4 is 0 Å². The van der Waals surface area contributed by atoms with Crippen LogP contribution in [0.1, 0.15) is 0 Å². The Balaban J connectivity index is 2.08. The molecule has 0 bridgehead atoms. The Hall–Kier alpha value is -0.0300. The van der Waals surface area contributed by atoms with Crippen molar-refractivity contribution >= 4 is 48.9 Å². The van der Waals surface area contributed by atoms with E-state index in [0.29, 0.717) is 0 Å². The molecule has 1 atom stereocenters. The average Bonchev–Trinajstić information content (AvgIpc) is 2.74. The maximum Gasteiger partial charge on any atom is 0.0704 e. The van der Waals surface area contributed by atoms with Crippen molar-refractivity contribution in [2.45, 2.75) is 8.42 Å². The lowest BCUT2D eigenvalue weighted by Gasteiger charge is -2.00. The summed E-state index contributed by atoms with van der Waals surface area (Å²) in [6, 6.07) is 8.47. The van der Waals surface area contributed by atoms with Crippen LogP contribution in [0, 0.1) is 0 Å². The third-order valence-electron chi connectivity index (χ3n) is 1.40. The SMILES string of the molecule is C=S(Sc1cccs1)c1cccs1. The van der Waals surface area contributed by atoms with Gasteiger partial charge in [0.1, 0.15) is 0 Å². The van der Waals surface area contributed by atoms with Crippen LogP contribution in [0.4, 0.5) is 0 Å². The molecule has 0 aliphatic carbocycles. The monoisotopic (exact) mass is 244 g/mol. The smallest absolute Gasteiger partial charge is 0.0704 e. The molecule has 2 aromatic rings. The molecule has 0 aromatic carbocycles. The van der Waals surface area contributed by atoms with Crippen LogP contribution in [0.3, 0.4) is 0 Å². The summed E-state index contributed by atoms with van der Waals surface area (Å²) in [5, 5.41) is 4.21. The molecule has 0 nitrogen and oxygen atoms in total. The Kier molecular flexibility index (Phi) is 3.27. The lowest BCUT2D eigenvalue weighted by Crippen LogP contribution is -1.58. The van der Waals surface area contributed by atoms with Gasteiger partial charge in [0.2, 0.25) is 0 Å². The second-order valence-corrected chi connectivity index (χ2v) is 8.15. The minimum absolute atomic E-state index is 0.0639. The summed E-state index contributed by atoms with van der Waals surface area (Å²) in [5.41, 5.74) is 0. The first-order valence-corrected chi connectivity index (χ1v) is 8.14. The van der Waals surface area contributed by atoms with Crippen LogP contribution in [0.2, 0.25) is 0 Å². The highest BCUT2D eigenvalue weighted by molar-refractivity contribution is 8.83. The summed E-state index contributed by atoms with van der Waals surface area (Å²) in [7, 11) is 1.92. The van der Waals surface area contributed by atoms with Crippen LogP contribution in [0.5, 0.6) is 0 Å². The number of hydrogen-bond acceptors (Lipinski definition) is 3. The molecule has 13 heavy (non-hydrogen) atoms. The van der Waals surface area contributed by atoms with Crippen molar-refractivity contribution in [1.29, 1.82) is 0 Å². The van der Waals surface area contributed by atoms with Gasteiger partial charge in [-0.05, 0) is 33.7 Å². The highest BCUT2D eigenvalue weighted by Crippen LogP contribution is 2.46. The van der Waals surface area contributed by atoms with Gasteiger partial charge in [-0.25, -0.2) is 0 Å². The third kappa shape index (κ3) is 2.47. The number of rotatable bonds is 3. The van der Waals surface area contributed by atoms with Crippen molar-refractivity contribution in [3.8, 4) is 0 Å². The van der Waals surface area contributed by atoms with E-state index in [4.69, 9.17) is 0 Å². The molecule has 0 radical (unpaired) electrons. The molecule has 2 aromatic heterocycles. The molecule has 2 heterocycles. The van der Waals surface area contributed by atoms with Gasteiger partial charge < -0.3 is 0 Å². The lowest BCUT2D eigenvalue weighted by atomic mass is 10.7. The van der Waals surface area contributed by atoms with Gasteiger partial charge in [0.05, 0.1) is 8.42 Å². The fourth-order valence-electron chi connectivity index (χ4n) is 0.844. The van der Waals surface area contributed by atoms with Crippen molar-refractivity contribution in [2.24, 2.45) is 0 Å². The molecular weight excluding hydrogens is 236 g/mol. The largest absolute Gasteiger partial charge is 0.137 e. The van der Waals surface area contributed by atoms with Crippen LogP contribution >= 0.6 is 43.0 Å². The Morgan fingerprint density at radius 2 is 1.92 bits per heavy atom. The molecule has 0 amide bonds. The predicted octanol–water partition coefficient (Wildman–Crippen LogP) is 4.58. The Morgan fingerprint density at radius 3 is 2.54 bits per heavy atom. The molecule has 4 heteroatoms. The van der Waals surface area contributed by atoms with Gasteiger partial charge >= 0.3 is 0 Å². The van der Waals surface area contributed by atoms with E-state index in [9.17, 15) is 0 Å². The van der Waals surface area contributed by atoms with Gasteiger partial charge in [0.25, 0.3) is 0 Å². The number of thiophene rings is 2. The maximum atomic E-state index is 4.16. The van der Waals surface area contributed by atoms with E-state index in [1.165, 1.54) is 8.42 Å². The molecule has 0 aliphatic heterocycles. The van der Waals surface area contributed by atoms with E-state index < -0.39 is 0 Å². The summed E-state index contributed by atoms with van der Waals surface area (Å²) in [5.74, 6) is 4.16. The van der Waals surface area contributed by atoms with Gasteiger partial charge in [-0.1, -0.05) is 27.5 Å². The van der Waals surface area contributed by atoms with Crippen LogP contribution in [0.15, 0.2) is 43.4 Å². The average molecular weight is 244 g/mol. The Bertz CT molecular complexity index is 372. The van der Waals surface area contributed by atoms with Gasteiger partial charge in [-0.3, -0.25) is 0 Å². The third-order valence-corrected chi connectivity index (χ3v) is 7.55. The van der Waals surface area contributed by atoms with Crippen molar-refractivity contribution < 1.29 is 0 Å². The minimum atomic E-state index is 0.0639. The fraction of sp³-hybridized carbons (Fsp3) is 0. The van der Waals surface area contributed by atoms with E-state index in [-0.39, 0.29) is 9.52 Å². The van der Waals surface area contributed by atoms with E-state index in [0.717, 1.165) is 0 Å². The summed E-state index contributed by atoms with van der Waals surface area (Å²) in [6.45, 7) is 0. The molecule has 0 fully saturated rings. The van der Waals surface area contributed by atoms with Gasteiger partial charge in [0, 0.05) is 0 Å². The van der Waals surface area contributed by atoms with E-state index >= 15 is 0 Å². The normalized spacial score (nSPS) is 12.9. The first kappa shape index (κ1) is 9.52. The minimum Gasteiger partial charge on any atom is -0.137 e. The Morgan fingerprint density at radius 1 is 1.15 bits per heavy atom. The van der Waals surface area contributed by atoms with Crippen molar-refractivity contribution in [3.05, 3.63) is 35.0 Å². The topological polar surface area (TPSA) is 0 Å². The zero-order chi connectivity index (χ0) is 9.10. The molecule has 0 saturated heterocycles. The summed E-state index contributed by atoms with van der Waals surface area (Å²) in [6.07, 6.45) is 0. The van der Waals surface area contributed by atoms with Crippen molar-refractivity contribution in [3.63, 3.8) is 0 Å². The first-order chi connectivity index (χ1) is 6.36. The second-order valence-electron chi connectivity index (χ2n) is 2.29. The second kappa shape index (κ2) is 4.46. The molecule has 0 N–H and O–H groups in total. The Labute approximate surface area is 92.0 Å². The van der Waals surface area contributed by atoms with Crippen molar-refractivity contribution in [2.75, 3.05) is 0 Å². The van der Waals surface area contributed by atoms with E-state index in [1.807, 2.05) is 10.8 Å². The molecule has 68 valence electrons. The molecular formula is C9H8S4. The highest BCUT2D eigenvalue weighted by atomic mass is 33.1. The summed E-state index contributed by atoms with van der Waals surface area (Å²) >= 11 is 3.57. The molecule has 1 unspecified atom stereocenters. The van der Waals surface area contributed by atoms with Crippen molar-refractivity contribution in [1.82, 2.24) is 0 Å². The number of hydrogen-bond donors (Lipinski definition) is 0. The predicted molar refractivity (Wildman–Crippen MR) is 67.5 cm³/mol. The highest BCUT2D eigenvalue weighted by Gasteiger charge is 2.01. The summed E-state index contributed by atoms with van der Waals surface area (Å²) < 4.78 is 2.73. The van der Waals surface area contributed by atoms with Gasteiger partial charge in [-0.2, -0.15) is 0 Å². The first-order valence-electron chi connectivity index (χ1n) is 3.65. The van der Waals surface area contributed by atoms with E-state index in [2.05, 4.69) is 40.9 Å². The van der Waals surface area contributed by atoms with E-state index in [1.54, 1.807) is 22.7 Å². The lowest BCUT2D eigenvalue weighted by molar-refractivity contribution is 1.74. The zero-order valence-electron chi connectivity index (χ0n) is 6.80.